The number of carbonyl (C=O) groups excluding carboxylic acids is 1. The second-order valence-electron chi connectivity index (χ2n) is 7.04. The van der Waals surface area contributed by atoms with Crippen LogP contribution in [0.15, 0.2) is 30.3 Å². The van der Waals surface area contributed by atoms with Gasteiger partial charge in [0.25, 0.3) is 0 Å². The molecule has 0 aliphatic carbocycles. The van der Waals surface area contributed by atoms with E-state index in [2.05, 4.69) is 54.6 Å². The standard InChI is InChI=1S/C18H27N3O2/c1-14(2)21-13-18(16(21)15-7-5-4-6-8-15)9-11-20(12-10-18)17(22)19-23-3/h4-8,14,16H,9-13H2,1-3H3,(H,19,22). The highest BCUT2D eigenvalue weighted by Crippen LogP contribution is 2.55. The van der Waals surface area contributed by atoms with Gasteiger partial charge >= 0.3 is 6.03 Å². The predicted octanol–water partition coefficient (Wildman–Crippen LogP) is 2.80. The Morgan fingerprint density at radius 2 is 1.91 bits per heavy atom. The van der Waals surface area contributed by atoms with Gasteiger partial charge < -0.3 is 4.90 Å². The molecule has 1 spiro atoms. The Morgan fingerprint density at radius 3 is 2.48 bits per heavy atom. The molecule has 0 saturated carbocycles. The van der Waals surface area contributed by atoms with Gasteiger partial charge in [-0.3, -0.25) is 9.74 Å². The summed E-state index contributed by atoms with van der Waals surface area (Å²) in [6.45, 7) is 7.26. The third kappa shape index (κ3) is 2.95. The van der Waals surface area contributed by atoms with Crippen molar-refractivity contribution in [1.82, 2.24) is 15.3 Å². The number of carbonyl (C=O) groups is 1. The molecule has 1 atom stereocenters. The molecule has 0 radical (unpaired) electrons. The smallest absolute Gasteiger partial charge is 0.323 e. The van der Waals surface area contributed by atoms with Crippen molar-refractivity contribution < 1.29 is 9.63 Å². The first-order valence-corrected chi connectivity index (χ1v) is 8.46. The lowest BCUT2D eigenvalue weighted by Gasteiger charge is -2.62. The van der Waals surface area contributed by atoms with Crippen molar-refractivity contribution in [1.29, 1.82) is 0 Å². The molecule has 2 fully saturated rings. The Hall–Kier alpha value is -1.59. The van der Waals surface area contributed by atoms with Crippen LogP contribution < -0.4 is 5.48 Å². The zero-order chi connectivity index (χ0) is 16.4. The normalized spacial score (nSPS) is 23.8. The maximum Gasteiger partial charge on any atom is 0.341 e. The van der Waals surface area contributed by atoms with Crippen molar-refractivity contribution in [2.24, 2.45) is 5.41 Å². The molecule has 126 valence electrons. The summed E-state index contributed by atoms with van der Waals surface area (Å²) in [6, 6.07) is 11.7. The molecular formula is C18H27N3O2. The molecule has 2 aliphatic heterocycles. The molecule has 1 N–H and O–H groups in total. The van der Waals surface area contributed by atoms with Gasteiger partial charge in [-0.15, -0.1) is 0 Å². The van der Waals surface area contributed by atoms with Crippen LogP contribution in [0.5, 0.6) is 0 Å². The maximum absolute atomic E-state index is 11.9. The Morgan fingerprint density at radius 1 is 1.26 bits per heavy atom. The quantitative estimate of drug-likeness (QED) is 0.872. The fourth-order valence-electron chi connectivity index (χ4n) is 4.18. The van der Waals surface area contributed by atoms with E-state index in [0.29, 0.717) is 17.5 Å². The first-order chi connectivity index (χ1) is 11.1. The van der Waals surface area contributed by atoms with Crippen LogP contribution in [0.3, 0.4) is 0 Å². The van der Waals surface area contributed by atoms with Crippen LogP contribution in [-0.4, -0.2) is 48.6 Å². The fraction of sp³-hybridized carbons (Fsp3) is 0.611. The third-order valence-corrected chi connectivity index (χ3v) is 5.42. The van der Waals surface area contributed by atoms with E-state index in [1.165, 1.54) is 12.7 Å². The van der Waals surface area contributed by atoms with Crippen molar-refractivity contribution in [2.75, 3.05) is 26.7 Å². The van der Waals surface area contributed by atoms with E-state index in [4.69, 9.17) is 4.84 Å². The van der Waals surface area contributed by atoms with Gasteiger partial charge in [-0.05, 0) is 32.3 Å². The number of hydroxylamine groups is 1. The summed E-state index contributed by atoms with van der Waals surface area (Å²) in [5.74, 6) is 0. The van der Waals surface area contributed by atoms with E-state index >= 15 is 0 Å². The maximum atomic E-state index is 11.9. The van der Waals surface area contributed by atoms with Crippen LogP contribution in [0.4, 0.5) is 4.79 Å². The van der Waals surface area contributed by atoms with Crippen molar-refractivity contribution in [3.63, 3.8) is 0 Å². The molecule has 1 unspecified atom stereocenters. The second-order valence-corrected chi connectivity index (χ2v) is 7.04. The number of nitrogens with one attached hydrogen (secondary N) is 1. The monoisotopic (exact) mass is 317 g/mol. The van der Waals surface area contributed by atoms with E-state index in [9.17, 15) is 4.79 Å². The fourth-order valence-corrected chi connectivity index (χ4v) is 4.18. The van der Waals surface area contributed by atoms with Crippen LogP contribution in [0.2, 0.25) is 0 Å². The number of hydrogen-bond donors (Lipinski definition) is 1. The summed E-state index contributed by atoms with van der Waals surface area (Å²) in [7, 11) is 1.47. The van der Waals surface area contributed by atoms with Gasteiger partial charge in [0.2, 0.25) is 0 Å². The Labute approximate surface area is 138 Å². The summed E-state index contributed by atoms with van der Waals surface area (Å²) in [4.78, 5) is 21.1. The van der Waals surface area contributed by atoms with Crippen molar-refractivity contribution in [2.45, 2.75) is 38.8 Å². The molecule has 1 aromatic rings. The average Bonchev–Trinajstić information content (AvgIpc) is 2.54. The van der Waals surface area contributed by atoms with Gasteiger partial charge in [0, 0.05) is 37.1 Å². The summed E-state index contributed by atoms with van der Waals surface area (Å²) < 4.78 is 0. The van der Waals surface area contributed by atoms with Gasteiger partial charge in [0.15, 0.2) is 0 Å². The molecule has 5 nitrogen and oxygen atoms in total. The van der Waals surface area contributed by atoms with Gasteiger partial charge in [0.05, 0.1) is 7.11 Å². The molecule has 5 heteroatoms. The summed E-state index contributed by atoms with van der Waals surface area (Å²) in [5, 5.41) is 0. The number of urea groups is 1. The Balaban J connectivity index is 1.74. The number of benzene rings is 1. The van der Waals surface area contributed by atoms with Crippen LogP contribution in [0.1, 0.15) is 38.3 Å². The molecule has 1 aromatic carbocycles. The molecule has 0 aromatic heterocycles. The lowest BCUT2D eigenvalue weighted by molar-refractivity contribution is -0.124. The largest absolute Gasteiger partial charge is 0.341 e. The molecule has 3 rings (SSSR count). The molecule has 0 bridgehead atoms. The van der Waals surface area contributed by atoms with Crippen molar-refractivity contribution >= 4 is 6.03 Å². The minimum Gasteiger partial charge on any atom is -0.323 e. The van der Waals surface area contributed by atoms with Crippen LogP contribution in [0.25, 0.3) is 0 Å². The molecule has 2 amide bonds. The van der Waals surface area contributed by atoms with Crippen LogP contribution >= 0.6 is 0 Å². The first kappa shape index (κ1) is 16.3. The molecule has 23 heavy (non-hydrogen) atoms. The molecule has 2 heterocycles. The topological polar surface area (TPSA) is 44.8 Å². The summed E-state index contributed by atoms with van der Waals surface area (Å²) in [5.41, 5.74) is 4.13. The summed E-state index contributed by atoms with van der Waals surface area (Å²) in [6.07, 6.45) is 2.10. The Bertz CT molecular complexity index is 538. The van der Waals surface area contributed by atoms with Gasteiger partial charge in [-0.2, -0.15) is 0 Å². The average molecular weight is 317 g/mol. The van der Waals surface area contributed by atoms with Gasteiger partial charge in [0.1, 0.15) is 0 Å². The zero-order valence-electron chi connectivity index (χ0n) is 14.3. The minimum atomic E-state index is -0.126. The second kappa shape index (κ2) is 6.49. The first-order valence-electron chi connectivity index (χ1n) is 8.46. The predicted molar refractivity (Wildman–Crippen MR) is 89.8 cm³/mol. The lowest BCUT2D eigenvalue weighted by atomic mass is 9.62. The SMILES string of the molecule is CONC(=O)N1CCC2(CC1)CN(C(C)C)C2c1ccccc1. The van der Waals surface area contributed by atoms with Crippen molar-refractivity contribution in [3.05, 3.63) is 35.9 Å². The van der Waals surface area contributed by atoms with Gasteiger partial charge in [-0.1, -0.05) is 30.3 Å². The number of likely N-dealkylation sites (tertiary alicyclic amines) is 2. The van der Waals surface area contributed by atoms with Gasteiger partial charge in [-0.25, -0.2) is 10.3 Å². The minimum absolute atomic E-state index is 0.126. The van der Waals surface area contributed by atoms with E-state index in [-0.39, 0.29) is 6.03 Å². The van der Waals surface area contributed by atoms with E-state index in [0.717, 1.165) is 32.5 Å². The third-order valence-electron chi connectivity index (χ3n) is 5.42. The van der Waals surface area contributed by atoms with Crippen LogP contribution in [0, 0.1) is 5.41 Å². The highest BCUT2D eigenvalue weighted by Gasteiger charge is 2.54. The molecule has 2 saturated heterocycles. The number of amides is 2. The van der Waals surface area contributed by atoms with Crippen LogP contribution in [-0.2, 0) is 4.84 Å². The number of rotatable bonds is 3. The van der Waals surface area contributed by atoms with Crippen molar-refractivity contribution in [3.8, 4) is 0 Å². The van der Waals surface area contributed by atoms with E-state index in [1.54, 1.807) is 0 Å². The number of nitrogens with zero attached hydrogens (tertiary/aromatic N) is 2. The highest BCUT2D eigenvalue weighted by atomic mass is 16.6. The summed E-state index contributed by atoms with van der Waals surface area (Å²) >= 11 is 0. The van der Waals surface area contributed by atoms with E-state index < -0.39 is 0 Å². The zero-order valence-corrected chi connectivity index (χ0v) is 14.3. The Kier molecular flexibility index (Phi) is 4.60. The molecular weight excluding hydrogens is 290 g/mol. The lowest BCUT2D eigenvalue weighted by Crippen LogP contribution is -2.64. The number of piperidine rings is 1. The molecule has 2 aliphatic rings. The van der Waals surface area contributed by atoms with E-state index in [1.807, 2.05) is 4.90 Å². The number of hydrogen-bond acceptors (Lipinski definition) is 3. The highest BCUT2D eigenvalue weighted by molar-refractivity contribution is 5.73.